The molecule has 3 aromatic carbocycles. The molecule has 1 aliphatic rings. The predicted octanol–water partition coefficient (Wildman–Crippen LogP) is 2.87. The molecule has 0 bridgehead atoms. The van der Waals surface area contributed by atoms with Gasteiger partial charge in [0.2, 0.25) is 17.7 Å². The standard InChI is InChI=1S/C36H45N5O7S/c1-4-5-9-19-37-35(44)32(39-36(45)33(38-26(2)42)21-27-11-7-6-8-12-27)22-29-13-10-14-30(20-29)23-40-25-34(43)41(49(40,46)47)24-28-15-17-31(48-3)18-16-28/h6-8,10-18,20,32-33H,4-5,9,19,21-25H2,1-3H3,(H,37,44)(H,38,42)(H,39,45)/t32-,33-/m0/s1. The molecule has 12 nitrogen and oxygen atoms in total. The average Bonchev–Trinajstić information content (AvgIpc) is 3.29. The molecule has 0 unspecified atom stereocenters. The largest absolute Gasteiger partial charge is 0.497 e. The van der Waals surface area contributed by atoms with Gasteiger partial charge in [-0.05, 0) is 40.8 Å². The highest BCUT2D eigenvalue weighted by Gasteiger charge is 2.42. The third kappa shape index (κ3) is 10.6. The zero-order valence-corrected chi connectivity index (χ0v) is 29.0. The first-order chi connectivity index (χ1) is 23.5. The summed E-state index contributed by atoms with van der Waals surface area (Å²) < 4.78 is 34.0. The van der Waals surface area contributed by atoms with Crippen LogP contribution >= 0.6 is 0 Å². The SMILES string of the molecule is CCCCCNC(=O)[C@H](Cc1cccc(CN2CC(=O)N(Cc3ccc(OC)cc3)S2(=O)=O)c1)NC(=O)[C@H](Cc1ccccc1)NC(C)=O. The third-order valence-electron chi connectivity index (χ3n) is 8.16. The molecule has 1 aliphatic heterocycles. The van der Waals surface area contributed by atoms with Crippen LogP contribution in [0.3, 0.4) is 0 Å². The first-order valence-corrected chi connectivity index (χ1v) is 17.8. The van der Waals surface area contributed by atoms with E-state index in [1.807, 2.05) is 30.3 Å². The van der Waals surface area contributed by atoms with E-state index < -0.39 is 34.1 Å². The molecule has 49 heavy (non-hydrogen) atoms. The van der Waals surface area contributed by atoms with Crippen molar-refractivity contribution in [3.8, 4) is 5.75 Å². The van der Waals surface area contributed by atoms with Gasteiger partial charge in [0.15, 0.2) is 0 Å². The fourth-order valence-electron chi connectivity index (χ4n) is 5.57. The van der Waals surface area contributed by atoms with Crippen LogP contribution in [0.4, 0.5) is 0 Å². The zero-order valence-electron chi connectivity index (χ0n) is 28.2. The first-order valence-electron chi connectivity index (χ1n) is 16.4. The van der Waals surface area contributed by atoms with E-state index in [1.165, 1.54) is 14.0 Å². The molecule has 0 saturated carbocycles. The zero-order chi connectivity index (χ0) is 35.4. The number of carbonyl (C=O) groups is 4. The van der Waals surface area contributed by atoms with Gasteiger partial charge in [0.1, 0.15) is 17.8 Å². The van der Waals surface area contributed by atoms with E-state index in [-0.39, 0.29) is 44.3 Å². The lowest BCUT2D eigenvalue weighted by atomic mass is 10.0. The van der Waals surface area contributed by atoms with Crippen LogP contribution < -0.4 is 20.7 Å². The summed E-state index contributed by atoms with van der Waals surface area (Å²) in [4.78, 5) is 51.8. The molecule has 3 N–H and O–H groups in total. The molecular formula is C36H45N5O7S. The Labute approximate surface area is 288 Å². The maximum absolute atomic E-state index is 13.5. The second-order valence-electron chi connectivity index (χ2n) is 12.1. The number of methoxy groups -OCH3 is 1. The fourth-order valence-corrected chi connectivity index (χ4v) is 7.07. The molecule has 0 radical (unpaired) electrons. The summed E-state index contributed by atoms with van der Waals surface area (Å²) in [5, 5.41) is 8.46. The van der Waals surface area contributed by atoms with Crippen molar-refractivity contribution in [2.45, 2.75) is 71.1 Å². The molecule has 4 rings (SSSR count). The Hall–Kier alpha value is -4.75. The van der Waals surface area contributed by atoms with Gasteiger partial charge < -0.3 is 20.7 Å². The molecule has 4 amide bonds. The second-order valence-corrected chi connectivity index (χ2v) is 13.9. The van der Waals surface area contributed by atoms with Gasteiger partial charge in [-0.3, -0.25) is 19.2 Å². The monoisotopic (exact) mass is 691 g/mol. The molecule has 2 atom stereocenters. The van der Waals surface area contributed by atoms with Gasteiger partial charge in [-0.1, -0.05) is 86.5 Å². The van der Waals surface area contributed by atoms with E-state index in [2.05, 4.69) is 22.9 Å². The van der Waals surface area contributed by atoms with E-state index in [1.54, 1.807) is 48.5 Å². The van der Waals surface area contributed by atoms with Crippen molar-refractivity contribution in [3.63, 3.8) is 0 Å². The van der Waals surface area contributed by atoms with Gasteiger partial charge in [-0.15, -0.1) is 0 Å². The Morgan fingerprint density at radius 1 is 0.796 bits per heavy atom. The average molecular weight is 692 g/mol. The fraction of sp³-hybridized carbons (Fsp3) is 0.389. The Morgan fingerprint density at radius 2 is 1.45 bits per heavy atom. The summed E-state index contributed by atoms with van der Waals surface area (Å²) in [7, 11) is -2.55. The van der Waals surface area contributed by atoms with Crippen molar-refractivity contribution in [2.24, 2.45) is 0 Å². The minimum absolute atomic E-state index is 0.0526. The van der Waals surface area contributed by atoms with Crippen LogP contribution in [0.2, 0.25) is 0 Å². The number of hydrogen-bond donors (Lipinski definition) is 3. The van der Waals surface area contributed by atoms with Crippen LogP contribution in [0, 0.1) is 0 Å². The van der Waals surface area contributed by atoms with E-state index in [4.69, 9.17) is 4.74 Å². The highest BCUT2D eigenvalue weighted by atomic mass is 32.2. The molecule has 262 valence electrons. The van der Waals surface area contributed by atoms with Crippen LogP contribution in [0.25, 0.3) is 0 Å². The second kappa shape index (κ2) is 17.6. The van der Waals surface area contributed by atoms with Gasteiger partial charge in [-0.2, -0.15) is 12.7 Å². The third-order valence-corrected chi connectivity index (χ3v) is 9.96. The number of hydrogen-bond acceptors (Lipinski definition) is 7. The van der Waals surface area contributed by atoms with Crippen molar-refractivity contribution < 1.29 is 32.3 Å². The number of rotatable bonds is 17. The minimum atomic E-state index is -4.08. The van der Waals surface area contributed by atoms with Crippen LogP contribution in [0.15, 0.2) is 78.9 Å². The van der Waals surface area contributed by atoms with Gasteiger partial charge in [0.05, 0.1) is 20.2 Å². The summed E-state index contributed by atoms with van der Waals surface area (Å²) >= 11 is 0. The number of ether oxygens (including phenoxy) is 1. The summed E-state index contributed by atoms with van der Waals surface area (Å²) in [5.41, 5.74) is 2.80. The number of nitrogens with one attached hydrogen (secondary N) is 3. The molecule has 0 aromatic heterocycles. The van der Waals surface area contributed by atoms with E-state index in [0.717, 1.165) is 33.4 Å². The Bertz CT molecular complexity index is 1700. The number of unbranched alkanes of at least 4 members (excludes halogenated alkanes) is 2. The highest BCUT2D eigenvalue weighted by molar-refractivity contribution is 7.87. The summed E-state index contributed by atoms with van der Waals surface area (Å²) in [6.07, 6.45) is 3.08. The van der Waals surface area contributed by atoms with Crippen LogP contribution in [-0.2, 0) is 55.3 Å². The van der Waals surface area contributed by atoms with Crippen molar-refractivity contribution in [1.29, 1.82) is 0 Å². The lowest BCUT2D eigenvalue weighted by Crippen LogP contribution is -2.55. The summed E-state index contributed by atoms with van der Waals surface area (Å²) in [5.74, 6) is -1.14. The van der Waals surface area contributed by atoms with Crippen molar-refractivity contribution in [1.82, 2.24) is 24.6 Å². The molecule has 13 heteroatoms. The lowest BCUT2D eigenvalue weighted by Gasteiger charge is -2.23. The van der Waals surface area contributed by atoms with Gasteiger partial charge >= 0.3 is 10.2 Å². The molecule has 1 saturated heterocycles. The van der Waals surface area contributed by atoms with Gasteiger partial charge in [-0.25, -0.2) is 4.31 Å². The van der Waals surface area contributed by atoms with E-state index in [0.29, 0.717) is 29.0 Å². The molecule has 1 heterocycles. The summed E-state index contributed by atoms with van der Waals surface area (Å²) in [6, 6.07) is 21.3. The topological polar surface area (TPSA) is 154 Å². The Kier molecular flexibility index (Phi) is 13.3. The van der Waals surface area contributed by atoms with Crippen molar-refractivity contribution in [2.75, 3.05) is 20.2 Å². The predicted molar refractivity (Wildman–Crippen MR) is 185 cm³/mol. The number of benzene rings is 3. The quantitative estimate of drug-likeness (QED) is 0.184. The van der Waals surface area contributed by atoms with Crippen LogP contribution in [0.1, 0.15) is 55.4 Å². The Balaban J connectivity index is 1.49. The maximum Gasteiger partial charge on any atom is 0.307 e. The Morgan fingerprint density at radius 3 is 2.12 bits per heavy atom. The number of carbonyl (C=O) groups excluding carboxylic acids is 4. The maximum atomic E-state index is 13.5. The van der Waals surface area contributed by atoms with Crippen LogP contribution in [-0.4, -0.2) is 72.9 Å². The van der Waals surface area contributed by atoms with Crippen LogP contribution in [0.5, 0.6) is 5.75 Å². The molecule has 1 fully saturated rings. The molecule has 0 aliphatic carbocycles. The van der Waals surface area contributed by atoms with E-state index in [9.17, 15) is 27.6 Å². The normalized spacial score (nSPS) is 15.3. The summed E-state index contributed by atoms with van der Waals surface area (Å²) in [6.45, 7) is 3.40. The molecular weight excluding hydrogens is 646 g/mol. The van der Waals surface area contributed by atoms with Crippen molar-refractivity contribution >= 4 is 33.8 Å². The first kappa shape index (κ1) is 37.1. The highest BCUT2D eigenvalue weighted by Crippen LogP contribution is 2.24. The lowest BCUT2D eigenvalue weighted by molar-refractivity contribution is -0.131. The van der Waals surface area contributed by atoms with E-state index >= 15 is 0 Å². The van der Waals surface area contributed by atoms with Gasteiger partial charge in [0.25, 0.3) is 5.91 Å². The smallest absolute Gasteiger partial charge is 0.307 e. The number of amides is 4. The van der Waals surface area contributed by atoms with Crippen molar-refractivity contribution in [3.05, 3.63) is 101 Å². The number of nitrogens with zero attached hydrogens (tertiary/aromatic N) is 2. The molecule has 3 aromatic rings. The minimum Gasteiger partial charge on any atom is -0.497 e. The molecule has 0 spiro atoms. The van der Waals surface area contributed by atoms with Gasteiger partial charge in [0, 0.05) is 32.9 Å².